The molecular formula is C15H23ClF2N2O. The molecule has 0 amide bonds. The number of hydrogen-bond donors (Lipinski definition) is 1. The second-order valence-electron chi connectivity index (χ2n) is 5.16. The van der Waals surface area contributed by atoms with Gasteiger partial charge in [-0.15, -0.1) is 12.4 Å². The molecule has 0 saturated carbocycles. The maximum absolute atomic E-state index is 12.9. The van der Waals surface area contributed by atoms with Crippen LogP contribution in [0.5, 0.6) is 5.75 Å². The van der Waals surface area contributed by atoms with E-state index in [2.05, 4.69) is 10.2 Å². The van der Waals surface area contributed by atoms with Crippen LogP contribution in [0.4, 0.5) is 8.78 Å². The van der Waals surface area contributed by atoms with Crippen molar-refractivity contribution in [1.29, 1.82) is 0 Å². The molecule has 1 saturated heterocycles. The van der Waals surface area contributed by atoms with E-state index in [0.29, 0.717) is 0 Å². The lowest BCUT2D eigenvalue weighted by molar-refractivity contribution is 0.0739. The topological polar surface area (TPSA) is 24.5 Å². The first-order valence-electron chi connectivity index (χ1n) is 6.99. The summed E-state index contributed by atoms with van der Waals surface area (Å²) in [5.74, 6) is 0.796. The molecule has 2 rings (SSSR count). The summed E-state index contributed by atoms with van der Waals surface area (Å²) in [6, 6.07) is 5.52. The minimum atomic E-state index is -2.29. The van der Waals surface area contributed by atoms with Gasteiger partial charge in [-0.3, -0.25) is 4.90 Å². The molecular weight excluding hydrogens is 298 g/mol. The molecule has 1 aliphatic heterocycles. The highest BCUT2D eigenvalue weighted by atomic mass is 35.5. The number of ether oxygens (including phenoxy) is 1. The fourth-order valence-corrected chi connectivity index (χ4v) is 2.77. The van der Waals surface area contributed by atoms with Gasteiger partial charge >= 0.3 is 0 Å². The average molecular weight is 321 g/mol. The van der Waals surface area contributed by atoms with Crippen LogP contribution in [0.25, 0.3) is 0 Å². The third-order valence-corrected chi connectivity index (χ3v) is 3.80. The molecule has 1 fully saturated rings. The SMILES string of the molecule is COc1ccc([C@@H](CC(F)F)N2CCNCC2)cc1C.Cl. The lowest BCUT2D eigenvalue weighted by atomic mass is 9.99. The molecule has 6 heteroatoms. The van der Waals surface area contributed by atoms with E-state index in [4.69, 9.17) is 4.74 Å². The Morgan fingerprint density at radius 3 is 2.48 bits per heavy atom. The predicted molar refractivity (Wildman–Crippen MR) is 82.8 cm³/mol. The third-order valence-electron chi connectivity index (χ3n) is 3.80. The van der Waals surface area contributed by atoms with Crippen molar-refractivity contribution < 1.29 is 13.5 Å². The number of piperazine rings is 1. The normalized spacial score (nSPS) is 17.4. The summed E-state index contributed by atoms with van der Waals surface area (Å²) in [4.78, 5) is 2.14. The zero-order valence-corrected chi connectivity index (χ0v) is 13.3. The van der Waals surface area contributed by atoms with Crippen LogP contribution in [-0.4, -0.2) is 44.6 Å². The van der Waals surface area contributed by atoms with Gasteiger partial charge in [0.1, 0.15) is 5.75 Å². The number of nitrogens with one attached hydrogen (secondary N) is 1. The Labute approximate surface area is 131 Å². The fraction of sp³-hybridized carbons (Fsp3) is 0.600. The highest BCUT2D eigenvalue weighted by molar-refractivity contribution is 5.85. The van der Waals surface area contributed by atoms with Crippen LogP contribution in [0.3, 0.4) is 0 Å². The van der Waals surface area contributed by atoms with E-state index < -0.39 is 6.43 Å². The smallest absolute Gasteiger partial charge is 0.240 e. The van der Waals surface area contributed by atoms with E-state index in [-0.39, 0.29) is 24.9 Å². The molecule has 21 heavy (non-hydrogen) atoms. The van der Waals surface area contributed by atoms with Gasteiger partial charge in [0.25, 0.3) is 0 Å². The maximum atomic E-state index is 12.9. The van der Waals surface area contributed by atoms with Crippen molar-refractivity contribution in [3.63, 3.8) is 0 Å². The Kier molecular flexibility index (Phi) is 7.35. The number of halogens is 3. The molecule has 0 aliphatic carbocycles. The number of hydrogen-bond acceptors (Lipinski definition) is 3. The molecule has 0 unspecified atom stereocenters. The zero-order valence-electron chi connectivity index (χ0n) is 12.4. The van der Waals surface area contributed by atoms with E-state index >= 15 is 0 Å². The van der Waals surface area contributed by atoms with E-state index in [1.807, 2.05) is 25.1 Å². The average Bonchev–Trinajstić information content (AvgIpc) is 2.45. The first kappa shape index (κ1) is 18.1. The zero-order chi connectivity index (χ0) is 14.5. The predicted octanol–water partition coefficient (Wildman–Crippen LogP) is 3.03. The standard InChI is InChI=1S/C15H22F2N2O.ClH/c1-11-9-12(3-4-14(11)20-2)13(10-15(16)17)19-7-5-18-6-8-19;/h3-4,9,13,15,18H,5-8,10H2,1-2H3;1H/t13-;/m1./s1. The molecule has 1 heterocycles. The van der Waals surface area contributed by atoms with Crippen molar-refractivity contribution in [3.8, 4) is 5.75 Å². The van der Waals surface area contributed by atoms with E-state index in [1.54, 1.807) is 7.11 Å². The summed E-state index contributed by atoms with van der Waals surface area (Å²) in [7, 11) is 1.62. The summed E-state index contributed by atoms with van der Waals surface area (Å²) >= 11 is 0. The van der Waals surface area contributed by atoms with Crippen LogP contribution < -0.4 is 10.1 Å². The van der Waals surface area contributed by atoms with Crippen LogP contribution in [0, 0.1) is 6.92 Å². The van der Waals surface area contributed by atoms with Gasteiger partial charge in [-0.25, -0.2) is 8.78 Å². The second kappa shape index (κ2) is 8.51. The Hall–Kier alpha value is -0.910. The van der Waals surface area contributed by atoms with Crippen molar-refractivity contribution in [2.24, 2.45) is 0 Å². The largest absolute Gasteiger partial charge is 0.496 e. The Morgan fingerprint density at radius 1 is 1.29 bits per heavy atom. The molecule has 1 aliphatic rings. The van der Waals surface area contributed by atoms with Crippen LogP contribution >= 0.6 is 12.4 Å². The van der Waals surface area contributed by atoms with Crippen molar-refractivity contribution in [3.05, 3.63) is 29.3 Å². The molecule has 1 atom stereocenters. The van der Waals surface area contributed by atoms with Gasteiger partial charge in [0.2, 0.25) is 6.43 Å². The van der Waals surface area contributed by atoms with Gasteiger partial charge in [-0.2, -0.15) is 0 Å². The fourth-order valence-electron chi connectivity index (χ4n) is 2.77. The Balaban J connectivity index is 0.00000220. The molecule has 0 spiro atoms. The quantitative estimate of drug-likeness (QED) is 0.902. The first-order chi connectivity index (χ1) is 9.61. The molecule has 0 radical (unpaired) electrons. The number of benzene rings is 1. The molecule has 3 nitrogen and oxygen atoms in total. The van der Waals surface area contributed by atoms with Crippen LogP contribution in [0.1, 0.15) is 23.6 Å². The lowest BCUT2D eigenvalue weighted by Crippen LogP contribution is -2.45. The minimum absolute atomic E-state index is 0. The summed E-state index contributed by atoms with van der Waals surface area (Å²) in [5.41, 5.74) is 1.94. The van der Waals surface area contributed by atoms with Gasteiger partial charge in [-0.05, 0) is 24.1 Å². The first-order valence-corrected chi connectivity index (χ1v) is 6.99. The molecule has 0 bridgehead atoms. The molecule has 1 N–H and O–H groups in total. The highest BCUT2D eigenvalue weighted by Crippen LogP contribution is 2.30. The monoisotopic (exact) mass is 320 g/mol. The molecule has 0 aromatic heterocycles. The number of alkyl halides is 2. The van der Waals surface area contributed by atoms with Gasteiger partial charge in [0, 0.05) is 38.6 Å². The van der Waals surface area contributed by atoms with Gasteiger partial charge in [-0.1, -0.05) is 12.1 Å². The summed E-state index contributed by atoms with van der Waals surface area (Å²) in [6.45, 7) is 5.27. The van der Waals surface area contributed by atoms with E-state index in [1.165, 1.54) is 0 Å². The number of aryl methyl sites for hydroxylation is 1. The minimum Gasteiger partial charge on any atom is -0.496 e. The van der Waals surface area contributed by atoms with Gasteiger partial charge in [0.05, 0.1) is 7.11 Å². The van der Waals surface area contributed by atoms with Crippen LogP contribution in [0.2, 0.25) is 0 Å². The molecule has 120 valence electrons. The van der Waals surface area contributed by atoms with Crippen molar-refractivity contribution in [2.45, 2.75) is 25.8 Å². The second-order valence-corrected chi connectivity index (χ2v) is 5.16. The van der Waals surface area contributed by atoms with Gasteiger partial charge < -0.3 is 10.1 Å². The van der Waals surface area contributed by atoms with Crippen LogP contribution in [-0.2, 0) is 0 Å². The maximum Gasteiger partial charge on any atom is 0.240 e. The third kappa shape index (κ3) is 4.80. The number of nitrogens with zero attached hydrogens (tertiary/aromatic N) is 1. The van der Waals surface area contributed by atoms with Crippen molar-refractivity contribution in [1.82, 2.24) is 10.2 Å². The lowest BCUT2D eigenvalue weighted by Gasteiger charge is -2.35. The Morgan fingerprint density at radius 2 is 1.95 bits per heavy atom. The van der Waals surface area contributed by atoms with E-state index in [0.717, 1.165) is 43.1 Å². The summed E-state index contributed by atoms with van der Waals surface area (Å²) < 4.78 is 31.0. The van der Waals surface area contributed by atoms with Crippen molar-refractivity contribution in [2.75, 3.05) is 33.3 Å². The molecule has 1 aromatic carbocycles. The summed E-state index contributed by atoms with van der Waals surface area (Å²) in [5, 5.41) is 3.25. The van der Waals surface area contributed by atoms with E-state index in [9.17, 15) is 8.78 Å². The highest BCUT2D eigenvalue weighted by Gasteiger charge is 2.25. The molecule has 1 aromatic rings. The number of methoxy groups -OCH3 is 1. The number of rotatable bonds is 5. The van der Waals surface area contributed by atoms with Gasteiger partial charge in [0.15, 0.2) is 0 Å². The Bertz CT molecular complexity index is 440. The summed E-state index contributed by atoms with van der Waals surface area (Å²) in [6.07, 6.45) is -2.41. The van der Waals surface area contributed by atoms with Crippen molar-refractivity contribution >= 4 is 12.4 Å². The van der Waals surface area contributed by atoms with Crippen LogP contribution in [0.15, 0.2) is 18.2 Å².